The van der Waals surface area contributed by atoms with Crippen LogP contribution in [-0.2, 0) is 4.79 Å². The van der Waals surface area contributed by atoms with Crippen LogP contribution in [0.3, 0.4) is 0 Å². The van der Waals surface area contributed by atoms with Gasteiger partial charge in [0.2, 0.25) is 5.91 Å². The number of halogens is 1. The molecule has 1 amide bonds. The highest BCUT2D eigenvalue weighted by Crippen LogP contribution is 2.18. The molecule has 0 aromatic heterocycles. The third-order valence-corrected chi connectivity index (χ3v) is 4.89. The van der Waals surface area contributed by atoms with Gasteiger partial charge in [0, 0.05) is 39.3 Å². The van der Waals surface area contributed by atoms with Crippen molar-refractivity contribution in [3.05, 3.63) is 30.1 Å². The summed E-state index contributed by atoms with van der Waals surface area (Å²) < 4.78 is 18.8. The van der Waals surface area contributed by atoms with Gasteiger partial charge in [0.25, 0.3) is 0 Å². The summed E-state index contributed by atoms with van der Waals surface area (Å²) >= 11 is 0. The van der Waals surface area contributed by atoms with E-state index in [9.17, 15) is 9.18 Å². The molecule has 8 heteroatoms. The van der Waals surface area contributed by atoms with Gasteiger partial charge in [-0.25, -0.2) is 4.39 Å². The Bertz CT molecular complexity index is 670. The van der Waals surface area contributed by atoms with Crippen molar-refractivity contribution in [2.24, 2.45) is 4.99 Å². The topological polar surface area (TPSA) is 69.2 Å². The summed E-state index contributed by atoms with van der Waals surface area (Å²) in [6.45, 7) is 6.33. The molecule has 0 radical (unpaired) electrons. The summed E-state index contributed by atoms with van der Waals surface area (Å²) in [6, 6.07) is 6.44. The highest BCUT2D eigenvalue weighted by Gasteiger charge is 2.26. The van der Waals surface area contributed by atoms with Crippen molar-refractivity contribution in [3.63, 3.8) is 0 Å². The van der Waals surface area contributed by atoms with E-state index in [1.165, 1.54) is 12.1 Å². The Balaban J connectivity index is 1.37. The summed E-state index contributed by atoms with van der Waals surface area (Å²) in [5.41, 5.74) is 0. The minimum atomic E-state index is -0.275. The van der Waals surface area contributed by atoms with Gasteiger partial charge in [-0.2, -0.15) is 0 Å². The average molecular weight is 391 g/mol. The number of nitrogens with zero attached hydrogens (tertiary/aromatic N) is 3. The lowest BCUT2D eigenvalue weighted by atomic mass is 10.3. The van der Waals surface area contributed by atoms with Crippen molar-refractivity contribution < 1.29 is 13.9 Å². The summed E-state index contributed by atoms with van der Waals surface area (Å²) in [4.78, 5) is 20.7. The van der Waals surface area contributed by atoms with Gasteiger partial charge < -0.3 is 20.3 Å². The zero-order valence-electron chi connectivity index (χ0n) is 16.7. The molecule has 1 atom stereocenters. The van der Waals surface area contributed by atoms with Crippen molar-refractivity contribution >= 4 is 11.9 Å². The van der Waals surface area contributed by atoms with Gasteiger partial charge >= 0.3 is 0 Å². The van der Waals surface area contributed by atoms with Crippen molar-refractivity contribution in [2.45, 2.75) is 31.9 Å². The lowest BCUT2D eigenvalue weighted by Crippen LogP contribution is -2.54. The Morgan fingerprint density at radius 2 is 1.93 bits per heavy atom. The molecule has 1 aliphatic carbocycles. The van der Waals surface area contributed by atoms with Crippen LogP contribution in [0.1, 0.15) is 19.8 Å². The molecule has 0 bridgehead atoms. The van der Waals surface area contributed by atoms with Crippen LogP contribution in [0.25, 0.3) is 0 Å². The fraction of sp³-hybridized carbons (Fsp3) is 0.600. The maximum absolute atomic E-state index is 13.0. The fourth-order valence-electron chi connectivity index (χ4n) is 3.18. The Morgan fingerprint density at radius 1 is 1.25 bits per heavy atom. The molecule has 1 saturated heterocycles. The molecule has 1 aromatic rings. The fourth-order valence-corrected chi connectivity index (χ4v) is 3.18. The van der Waals surface area contributed by atoms with E-state index in [4.69, 9.17) is 4.74 Å². The number of aliphatic imine (C=N–C) groups is 1. The third kappa shape index (κ3) is 6.37. The van der Waals surface area contributed by atoms with Crippen molar-refractivity contribution in [2.75, 3.05) is 46.3 Å². The first-order valence-electron chi connectivity index (χ1n) is 9.93. The molecular weight excluding hydrogens is 361 g/mol. The highest BCUT2D eigenvalue weighted by atomic mass is 19.1. The molecule has 1 unspecified atom stereocenters. The molecule has 28 heavy (non-hydrogen) atoms. The average Bonchev–Trinajstić information content (AvgIpc) is 3.49. The van der Waals surface area contributed by atoms with Crippen LogP contribution in [0.15, 0.2) is 29.3 Å². The Morgan fingerprint density at radius 3 is 2.54 bits per heavy atom. The Labute approximate surface area is 165 Å². The quantitative estimate of drug-likeness (QED) is 0.538. The lowest BCUT2D eigenvalue weighted by molar-refractivity contribution is -0.122. The van der Waals surface area contributed by atoms with Crippen molar-refractivity contribution in [3.8, 4) is 5.75 Å². The van der Waals surface area contributed by atoms with E-state index in [-0.39, 0.29) is 17.8 Å². The first kappa shape index (κ1) is 20.4. The molecule has 1 heterocycles. The molecule has 3 rings (SSSR count). The van der Waals surface area contributed by atoms with E-state index < -0.39 is 0 Å². The van der Waals surface area contributed by atoms with E-state index in [1.807, 2.05) is 6.92 Å². The summed E-state index contributed by atoms with van der Waals surface area (Å²) in [5.74, 6) is 1.33. The first-order chi connectivity index (χ1) is 13.5. The number of guanidine groups is 1. The number of nitrogens with one attached hydrogen (secondary N) is 2. The van der Waals surface area contributed by atoms with Crippen molar-refractivity contribution in [1.82, 2.24) is 20.4 Å². The van der Waals surface area contributed by atoms with E-state index in [2.05, 4.69) is 25.4 Å². The smallest absolute Gasteiger partial charge is 0.234 e. The monoisotopic (exact) mass is 391 g/mol. The number of ether oxygens (including phenoxy) is 1. The van der Waals surface area contributed by atoms with Crippen LogP contribution in [0.2, 0.25) is 0 Å². The molecule has 154 valence electrons. The maximum atomic E-state index is 13.0. The Hall–Kier alpha value is -2.35. The second-order valence-electron chi connectivity index (χ2n) is 7.42. The molecule has 1 aromatic carbocycles. The van der Waals surface area contributed by atoms with E-state index in [0.717, 1.165) is 45.0 Å². The molecule has 0 spiro atoms. The van der Waals surface area contributed by atoms with Gasteiger partial charge in [0.15, 0.2) is 5.96 Å². The predicted octanol–water partition coefficient (Wildman–Crippen LogP) is 1.06. The van der Waals surface area contributed by atoms with E-state index in [0.29, 0.717) is 24.9 Å². The molecule has 2 N–H and O–H groups in total. The number of carbonyl (C=O) groups excluding carboxylic acids is 1. The lowest BCUT2D eigenvalue weighted by Gasteiger charge is -2.36. The van der Waals surface area contributed by atoms with Crippen LogP contribution in [0.4, 0.5) is 4.39 Å². The summed E-state index contributed by atoms with van der Waals surface area (Å²) in [6.07, 6.45) is 2.14. The summed E-state index contributed by atoms with van der Waals surface area (Å²) in [5, 5.41) is 6.38. The van der Waals surface area contributed by atoms with Gasteiger partial charge in [-0.1, -0.05) is 0 Å². The van der Waals surface area contributed by atoms with Crippen LogP contribution < -0.4 is 15.4 Å². The first-order valence-corrected chi connectivity index (χ1v) is 9.93. The van der Waals surface area contributed by atoms with Gasteiger partial charge in [0.1, 0.15) is 17.7 Å². The van der Waals surface area contributed by atoms with Crippen LogP contribution >= 0.6 is 0 Å². The van der Waals surface area contributed by atoms with Gasteiger partial charge in [-0.3, -0.25) is 14.7 Å². The Kier molecular flexibility index (Phi) is 7.08. The zero-order valence-corrected chi connectivity index (χ0v) is 16.7. The number of amides is 1. The molecule has 2 fully saturated rings. The number of hydrogen-bond acceptors (Lipinski definition) is 4. The van der Waals surface area contributed by atoms with Crippen LogP contribution in [-0.4, -0.2) is 80.1 Å². The number of hydrogen-bond donors (Lipinski definition) is 2. The third-order valence-electron chi connectivity index (χ3n) is 4.89. The molecule has 1 aliphatic heterocycles. The predicted molar refractivity (Wildman–Crippen MR) is 107 cm³/mol. The minimum Gasteiger partial charge on any atom is -0.489 e. The normalized spacial score (nSPS) is 19.2. The number of piperazine rings is 1. The van der Waals surface area contributed by atoms with E-state index in [1.54, 1.807) is 19.2 Å². The molecule has 1 saturated carbocycles. The maximum Gasteiger partial charge on any atom is 0.234 e. The molecular formula is C20H30FN5O2. The number of carbonyl (C=O) groups is 1. The van der Waals surface area contributed by atoms with Crippen molar-refractivity contribution in [1.29, 1.82) is 0 Å². The second kappa shape index (κ2) is 9.73. The molecule has 2 aliphatic rings. The standard InChI is InChI=1S/C20H30FN5O2/c1-15(28-18-7-3-16(21)4-8-18)13-23-20(22-2)26-11-9-25(10-12-26)14-19(27)24-17-5-6-17/h3-4,7-8,15,17H,5-6,9-14H2,1-2H3,(H,22,23)(H,24,27). The minimum absolute atomic E-state index is 0.0883. The zero-order chi connectivity index (χ0) is 19.9. The number of rotatable bonds is 7. The largest absolute Gasteiger partial charge is 0.489 e. The molecule has 7 nitrogen and oxygen atoms in total. The number of benzene rings is 1. The van der Waals surface area contributed by atoms with E-state index >= 15 is 0 Å². The summed E-state index contributed by atoms with van der Waals surface area (Å²) in [7, 11) is 1.77. The second-order valence-corrected chi connectivity index (χ2v) is 7.42. The van der Waals surface area contributed by atoms with Crippen LogP contribution in [0.5, 0.6) is 5.75 Å². The van der Waals surface area contributed by atoms with Gasteiger partial charge in [-0.15, -0.1) is 0 Å². The highest BCUT2D eigenvalue weighted by molar-refractivity contribution is 5.80. The van der Waals surface area contributed by atoms with Gasteiger partial charge in [-0.05, 0) is 44.0 Å². The van der Waals surface area contributed by atoms with Crippen LogP contribution in [0, 0.1) is 5.82 Å². The SMILES string of the molecule is CN=C(NCC(C)Oc1ccc(F)cc1)N1CCN(CC(=O)NC2CC2)CC1. The van der Waals surface area contributed by atoms with Gasteiger partial charge in [0.05, 0.1) is 13.1 Å².